The summed E-state index contributed by atoms with van der Waals surface area (Å²) >= 11 is 5.91. The average molecular weight is 479 g/mol. The number of aliphatic hydroxyl groups excluding tert-OH is 1. The van der Waals surface area contributed by atoms with Crippen LogP contribution in [0.3, 0.4) is 0 Å². The lowest BCUT2D eigenvalue weighted by Crippen LogP contribution is -2.47. The number of carbonyl (C=O) groups is 2. The van der Waals surface area contributed by atoms with E-state index >= 15 is 0 Å². The Balaban J connectivity index is 1.64. The maximum atomic E-state index is 14.0. The largest absolute Gasteiger partial charge is 0.488 e. The Morgan fingerprint density at radius 1 is 1.12 bits per heavy atom. The van der Waals surface area contributed by atoms with Gasteiger partial charge in [0.25, 0.3) is 11.8 Å². The normalized spacial score (nSPS) is 14.6. The molecule has 2 aromatic carbocycles. The molecule has 0 radical (unpaired) electrons. The lowest BCUT2D eigenvalue weighted by molar-refractivity contribution is -0.241. The molecule has 1 atom stereocenters. The van der Waals surface area contributed by atoms with Crippen LogP contribution in [-0.4, -0.2) is 62.7 Å². The number of H-pyrrole nitrogens is 1. The van der Waals surface area contributed by atoms with Crippen molar-refractivity contribution in [2.24, 2.45) is 0 Å². The van der Waals surface area contributed by atoms with Crippen LogP contribution in [0.15, 0.2) is 54.6 Å². The summed E-state index contributed by atoms with van der Waals surface area (Å²) in [4.78, 5) is 33.3. The number of rotatable bonds is 5. The Kier molecular flexibility index (Phi) is 6.13. The first kappa shape index (κ1) is 22.8. The van der Waals surface area contributed by atoms with Crippen molar-refractivity contribution >= 4 is 34.4 Å². The minimum atomic E-state index is -5.11. The number of hydrogen-bond acceptors (Lipinski definition) is 4. The highest BCUT2D eigenvalue weighted by atomic mass is 35.5. The summed E-state index contributed by atoms with van der Waals surface area (Å²) in [7, 11) is 0. The van der Waals surface area contributed by atoms with Gasteiger partial charge in [0.1, 0.15) is 11.9 Å². The van der Waals surface area contributed by atoms with E-state index in [9.17, 15) is 27.9 Å². The predicted octanol–water partition coefficient (Wildman–Crippen LogP) is 3.92. The fourth-order valence-electron chi connectivity index (χ4n) is 3.60. The van der Waals surface area contributed by atoms with Gasteiger partial charge in [-0.05, 0) is 42.5 Å². The number of carbonyl (C=O) groups excluding carboxylic acids is 2. The predicted molar refractivity (Wildman–Crippen MR) is 115 cm³/mol. The third kappa shape index (κ3) is 4.57. The van der Waals surface area contributed by atoms with E-state index in [0.29, 0.717) is 29.1 Å². The van der Waals surface area contributed by atoms with Crippen LogP contribution < -0.4 is 0 Å². The molecule has 1 aliphatic heterocycles. The number of nitrogens with one attached hydrogen (secondary N) is 1. The molecule has 2 N–H and O–H groups in total. The highest BCUT2D eigenvalue weighted by Gasteiger charge is 2.47. The number of nitrogens with zero attached hydrogens (tertiary/aromatic N) is 3. The fourth-order valence-corrected chi connectivity index (χ4v) is 3.78. The zero-order valence-corrected chi connectivity index (χ0v) is 17.8. The number of hydrogen-bond donors (Lipinski definition) is 2. The van der Waals surface area contributed by atoms with E-state index in [0.717, 1.165) is 12.1 Å². The summed E-state index contributed by atoms with van der Waals surface area (Å²) < 4.78 is 41.9. The zero-order chi connectivity index (χ0) is 23.8. The molecule has 7 nitrogen and oxygen atoms in total. The molecule has 1 aliphatic rings. The molecule has 172 valence electrons. The van der Waals surface area contributed by atoms with E-state index in [-0.39, 0.29) is 27.8 Å². The van der Waals surface area contributed by atoms with Crippen LogP contribution in [0, 0.1) is 0 Å². The molecule has 2 heterocycles. The first-order valence-corrected chi connectivity index (χ1v) is 10.3. The van der Waals surface area contributed by atoms with Crippen LogP contribution in [0.2, 0.25) is 5.02 Å². The molecule has 0 aliphatic carbocycles. The molecule has 0 spiro atoms. The Morgan fingerprint density at radius 2 is 1.76 bits per heavy atom. The smallest absolute Gasteiger partial charge is 0.394 e. The number of benzene rings is 2. The number of halogens is 4. The second-order valence-electron chi connectivity index (χ2n) is 7.38. The minimum absolute atomic E-state index is 0.242. The van der Waals surface area contributed by atoms with Crippen LogP contribution in [0.1, 0.15) is 32.6 Å². The number of fused-ring (bicyclic) bond motifs is 1. The molecule has 0 saturated carbocycles. The van der Waals surface area contributed by atoms with E-state index in [4.69, 9.17) is 11.6 Å². The number of aromatic nitrogens is 2. The summed E-state index contributed by atoms with van der Waals surface area (Å²) in [5.41, 5.74) is 0.661. The van der Waals surface area contributed by atoms with Crippen molar-refractivity contribution in [3.05, 3.63) is 76.6 Å². The van der Waals surface area contributed by atoms with Gasteiger partial charge in [-0.15, -0.1) is 13.2 Å². The lowest BCUT2D eigenvalue weighted by Gasteiger charge is -2.31. The summed E-state index contributed by atoms with van der Waals surface area (Å²) in [5.74, 6) is -1.92. The molecular formula is C22H18ClF3N4O3. The van der Waals surface area contributed by atoms with E-state index in [2.05, 4.69) is 9.97 Å². The molecule has 1 aromatic heterocycles. The van der Waals surface area contributed by atoms with Gasteiger partial charge in [0.05, 0.1) is 17.6 Å². The van der Waals surface area contributed by atoms with Gasteiger partial charge >= 0.3 is 6.30 Å². The molecule has 4 rings (SSSR count). The molecule has 0 saturated heterocycles. The van der Waals surface area contributed by atoms with Crippen molar-refractivity contribution in [1.82, 2.24) is 19.8 Å². The van der Waals surface area contributed by atoms with Crippen molar-refractivity contribution in [3.8, 4) is 0 Å². The van der Waals surface area contributed by atoms with Gasteiger partial charge in [0.15, 0.2) is 0 Å². The van der Waals surface area contributed by atoms with E-state index in [1.165, 1.54) is 30.3 Å². The average Bonchev–Trinajstić information content (AvgIpc) is 3.45. The molecule has 0 unspecified atom stereocenters. The molecule has 2 amide bonds. The summed E-state index contributed by atoms with van der Waals surface area (Å²) in [6, 6.07) is 7.62. The number of alkyl halides is 3. The lowest BCUT2D eigenvalue weighted by atomic mass is 10.1. The van der Waals surface area contributed by atoms with Gasteiger partial charge in [-0.3, -0.25) is 9.59 Å². The van der Waals surface area contributed by atoms with E-state index in [1.807, 2.05) is 12.2 Å². The van der Waals surface area contributed by atoms with Crippen molar-refractivity contribution in [2.45, 2.75) is 12.3 Å². The van der Waals surface area contributed by atoms with Crippen LogP contribution in [0.4, 0.5) is 13.2 Å². The summed E-state index contributed by atoms with van der Waals surface area (Å²) in [6.45, 7) is -0.137. The maximum Gasteiger partial charge on any atom is 0.488 e. The summed E-state index contributed by atoms with van der Waals surface area (Å²) in [6.07, 6.45) is -1.45. The molecule has 11 heteroatoms. The Bertz CT molecular complexity index is 1220. The van der Waals surface area contributed by atoms with Gasteiger partial charge in [0.2, 0.25) is 0 Å². The number of aliphatic hydroxyl groups is 1. The number of amides is 2. The van der Waals surface area contributed by atoms with Gasteiger partial charge in [-0.25, -0.2) is 9.88 Å². The monoisotopic (exact) mass is 478 g/mol. The third-order valence-electron chi connectivity index (χ3n) is 5.24. The maximum absolute atomic E-state index is 14.0. The van der Waals surface area contributed by atoms with Crippen molar-refractivity contribution < 1.29 is 27.9 Å². The van der Waals surface area contributed by atoms with E-state index in [1.54, 1.807) is 4.90 Å². The van der Waals surface area contributed by atoms with Crippen LogP contribution in [-0.2, 0) is 0 Å². The van der Waals surface area contributed by atoms with Crippen LogP contribution in [0.25, 0.3) is 11.0 Å². The van der Waals surface area contributed by atoms with Crippen molar-refractivity contribution in [3.63, 3.8) is 0 Å². The van der Waals surface area contributed by atoms with Crippen LogP contribution in [0.5, 0.6) is 0 Å². The van der Waals surface area contributed by atoms with Crippen molar-refractivity contribution in [2.75, 3.05) is 19.7 Å². The van der Waals surface area contributed by atoms with Gasteiger partial charge in [-0.1, -0.05) is 23.8 Å². The molecule has 0 fully saturated rings. The quantitative estimate of drug-likeness (QED) is 0.429. The van der Waals surface area contributed by atoms with Crippen molar-refractivity contribution in [1.29, 1.82) is 0 Å². The Labute approximate surface area is 191 Å². The number of aromatic amines is 1. The molecular weight excluding hydrogens is 461 g/mol. The SMILES string of the molecule is O=C(c1ccc(C(=O)N([C@@H](CO)c2nc3ccc(Cl)cc3[nH]2)C(F)(F)F)cc1)N1CC=CC1. The fraction of sp³-hybridized carbons (Fsp3) is 0.227. The Morgan fingerprint density at radius 3 is 2.36 bits per heavy atom. The second-order valence-corrected chi connectivity index (χ2v) is 7.82. The highest BCUT2D eigenvalue weighted by molar-refractivity contribution is 6.31. The van der Waals surface area contributed by atoms with Gasteiger partial charge in [-0.2, -0.15) is 0 Å². The third-order valence-corrected chi connectivity index (χ3v) is 5.47. The first-order valence-electron chi connectivity index (χ1n) is 9.90. The van der Waals surface area contributed by atoms with Crippen LogP contribution >= 0.6 is 11.6 Å². The zero-order valence-electron chi connectivity index (χ0n) is 17.0. The molecule has 33 heavy (non-hydrogen) atoms. The molecule has 0 bridgehead atoms. The number of imidazole rings is 1. The standard InChI is InChI=1S/C22H18ClF3N4O3/c23-15-7-8-16-17(11-15)28-19(27-16)18(12-31)30(22(24,25)26)21(33)14-5-3-13(4-6-14)20(32)29-9-1-2-10-29/h1-8,11,18,31H,9-10,12H2,(H,27,28)/t18-/m0/s1. The van der Waals surface area contributed by atoms with Gasteiger partial charge < -0.3 is 15.0 Å². The topological polar surface area (TPSA) is 89.5 Å². The Hall–Kier alpha value is -3.37. The second kappa shape index (κ2) is 8.87. The summed E-state index contributed by atoms with van der Waals surface area (Å²) in [5, 5.41) is 10.1. The highest BCUT2D eigenvalue weighted by Crippen LogP contribution is 2.33. The first-order chi connectivity index (χ1) is 15.7. The molecule has 3 aromatic rings. The van der Waals surface area contributed by atoms with Gasteiger partial charge in [0, 0.05) is 29.2 Å². The minimum Gasteiger partial charge on any atom is -0.394 e. The van der Waals surface area contributed by atoms with E-state index < -0.39 is 24.9 Å².